The Morgan fingerprint density at radius 3 is 2.61 bits per heavy atom. The summed E-state index contributed by atoms with van der Waals surface area (Å²) in [6.07, 6.45) is 3.65. The fourth-order valence-corrected chi connectivity index (χ4v) is 5.05. The molecular weight excluding hydrogens is 466 g/mol. The first-order valence-corrected chi connectivity index (χ1v) is 12.0. The number of methoxy groups -OCH3 is 1. The van der Waals surface area contributed by atoms with E-state index < -0.39 is 26.6 Å². The molecule has 162 valence electrons. The number of hydrogen-bond acceptors (Lipinski definition) is 9. The summed E-state index contributed by atoms with van der Waals surface area (Å²) in [6.45, 7) is -0.221. The number of nitrogens with zero attached hydrogens (tertiary/aromatic N) is 3. The van der Waals surface area contributed by atoms with Crippen molar-refractivity contribution in [1.82, 2.24) is 4.57 Å². The zero-order chi connectivity index (χ0) is 22.8. The third-order valence-electron chi connectivity index (χ3n) is 3.99. The average Bonchev–Trinajstić information content (AvgIpc) is 3.30. The molecule has 0 N–H and O–H groups in total. The first-order chi connectivity index (χ1) is 14.6. The summed E-state index contributed by atoms with van der Waals surface area (Å²) in [5.41, 5.74) is 0.521. The van der Waals surface area contributed by atoms with Gasteiger partial charge < -0.3 is 9.30 Å². The normalized spacial score (nSPS) is 12.5. The molecular formula is C18H15N3O7S3. The zero-order valence-corrected chi connectivity index (χ0v) is 18.6. The highest BCUT2D eigenvalue weighted by atomic mass is 32.2. The molecule has 2 heterocycles. The molecule has 0 aliphatic heterocycles. The van der Waals surface area contributed by atoms with Crippen LogP contribution in [0.25, 0.3) is 16.3 Å². The molecule has 0 radical (unpaired) electrons. The summed E-state index contributed by atoms with van der Waals surface area (Å²) in [5, 5.41) is 10.7. The number of thiophene rings is 1. The molecule has 0 atom stereocenters. The fraction of sp³-hybridized carbons (Fsp3) is 0.167. The zero-order valence-electron chi connectivity index (χ0n) is 16.2. The smallest absolute Gasteiger partial charge is 0.325 e. The lowest BCUT2D eigenvalue weighted by molar-refractivity contribution is -0.380. The standard InChI is InChI=1S/C18H15N3O7S3/c1-28-17(23)10-20-13-6-5-12(31(2,26)27)9-14(13)30-18(20)19-15(22)7-3-11-4-8-16(29-11)21(24)25/h3-9H,10H2,1-2H3/b7-3-,19-18?. The van der Waals surface area contributed by atoms with E-state index in [0.717, 1.165) is 35.0 Å². The van der Waals surface area contributed by atoms with E-state index in [1.54, 1.807) is 0 Å². The Bertz CT molecular complexity index is 1390. The lowest BCUT2D eigenvalue weighted by Crippen LogP contribution is -2.22. The van der Waals surface area contributed by atoms with Crippen LogP contribution in [-0.4, -0.2) is 43.2 Å². The highest BCUT2D eigenvalue weighted by Crippen LogP contribution is 2.25. The van der Waals surface area contributed by atoms with Crippen LogP contribution in [0.5, 0.6) is 0 Å². The van der Waals surface area contributed by atoms with Crippen molar-refractivity contribution in [2.24, 2.45) is 4.99 Å². The topological polar surface area (TPSA) is 138 Å². The molecule has 1 amide bonds. The van der Waals surface area contributed by atoms with Gasteiger partial charge in [0.2, 0.25) is 0 Å². The van der Waals surface area contributed by atoms with Crippen LogP contribution in [0.3, 0.4) is 0 Å². The number of carbonyl (C=O) groups excluding carboxylic acids is 2. The van der Waals surface area contributed by atoms with Gasteiger partial charge in [0.15, 0.2) is 14.6 Å². The van der Waals surface area contributed by atoms with E-state index in [9.17, 15) is 28.1 Å². The first-order valence-electron chi connectivity index (χ1n) is 8.50. The van der Waals surface area contributed by atoms with E-state index >= 15 is 0 Å². The minimum Gasteiger partial charge on any atom is -0.468 e. The summed E-state index contributed by atoms with van der Waals surface area (Å²) in [7, 11) is -2.22. The van der Waals surface area contributed by atoms with Crippen LogP contribution >= 0.6 is 22.7 Å². The number of benzene rings is 1. The summed E-state index contributed by atoms with van der Waals surface area (Å²) >= 11 is 1.96. The third-order valence-corrected chi connectivity index (χ3v) is 7.14. The maximum absolute atomic E-state index is 12.3. The van der Waals surface area contributed by atoms with Gasteiger partial charge in [0, 0.05) is 23.3 Å². The van der Waals surface area contributed by atoms with Crippen molar-refractivity contribution in [3.63, 3.8) is 0 Å². The van der Waals surface area contributed by atoms with Crippen molar-refractivity contribution < 1.29 is 27.7 Å². The number of nitro groups is 1. The summed E-state index contributed by atoms with van der Waals surface area (Å²) in [6, 6.07) is 7.24. The van der Waals surface area contributed by atoms with Gasteiger partial charge in [-0.1, -0.05) is 22.7 Å². The number of amides is 1. The van der Waals surface area contributed by atoms with Crippen LogP contribution in [0.15, 0.2) is 46.3 Å². The molecule has 3 rings (SSSR count). The van der Waals surface area contributed by atoms with Crippen LogP contribution in [0.2, 0.25) is 0 Å². The first kappa shape index (κ1) is 22.5. The Labute approximate surface area is 183 Å². The van der Waals surface area contributed by atoms with Crippen molar-refractivity contribution in [3.05, 3.63) is 56.2 Å². The predicted octanol–water partition coefficient (Wildman–Crippen LogP) is 2.39. The van der Waals surface area contributed by atoms with E-state index in [-0.39, 0.29) is 21.2 Å². The van der Waals surface area contributed by atoms with Crippen molar-refractivity contribution in [2.75, 3.05) is 13.4 Å². The van der Waals surface area contributed by atoms with Gasteiger partial charge in [-0.25, -0.2) is 8.42 Å². The van der Waals surface area contributed by atoms with Crippen molar-refractivity contribution in [3.8, 4) is 0 Å². The largest absolute Gasteiger partial charge is 0.468 e. The SMILES string of the molecule is COC(=O)Cn1c(=NC(=O)/C=C\c2ccc([N+](=O)[O-])s2)sc2cc(S(C)(=O)=O)ccc21. The molecule has 3 aromatic rings. The van der Waals surface area contributed by atoms with Gasteiger partial charge in [-0.2, -0.15) is 4.99 Å². The maximum atomic E-state index is 12.3. The minimum absolute atomic E-state index is 0.0499. The highest BCUT2D eigenvalue weighted by Gasteiger charge is 2.15. The molecule has 10 nitrogen and oxygen atoms in total. The van der Waals surface area contributed by atoms with Gasteiger partial charge in [0.25, 0.3) is 5.91 Å². The van der Waals surface area contributed by atoms with Gasteiger partial charge in [0.1, 0.15) is 6.54 Å². The monoisotopic (exact) mass is 481 g/mol. The minimum atomic E-state index is -3.44. The van der Waals surface area contributed by atoms with Gasteiger partial charge in [-0.05, 0) is 30.3 Å². The Morgan fingerprint density at radius 2 is 2.00 bits per heavy atom. The van der Waals surface area contributed by atoms with Crippen LogP contribution < -0.4 is 4.80 Å². The summed E-state index contributed by atoms with van der Waals surface area (Å²) in [4.78, 5) is 39.2. The van der Waals surface area contributed by atoms with Gasteiger partial charge >= 0.3 is 11.0 Å². The Balaban J connectivity index is 2.03. The number of ether oxygens (including phenoxy) is 1. The molecule has 2 aromatic heterocycles. The molecule has 0 saturated carbocycles. The molecule has 0 saturated heterocycles. The lowest BCUT2D eigenvalue weighted by Gasteiger charge is -2.04. The second kappa shape index (κ2) is 8.91. The Morgan fingerprint density at radius 1 is 1.26 bits per heavy atom. The second-order valence-electron chi connectivity index (χ2n) is 6.17. The molecule has 0 fully saturated rings. The number of esters is 1. The van der Waals surface area contributed by atoms with E-state index in [4.69, 9.17) is 4.74 Å². The number of rotatable bonds is 6. The maximum Gasteiger partial charge on any atom is 0.325 e. The lowest BCUT2D eigenvalue weighted by atomic mass is 10.3. The number of hydrogen-bond donors (Lipinski definition) is 0. The van der Waals surface area contributed by atoms with Gasteiger partial charge in [-0.15, -0.1) is 0 Å². The Hall–Kier alpha value is -3.16. The van der Waals surface area contributed by atoms with Crippen LogP contribution in [0, 0.1) is 10.1 Å². The van der Waals surface area contributed by atoms with Crippen LogP contribution in [0.1, 0.15) is 4.88 Å². The van der Waals surface area contributed by atoms with Crippen LogP contribution in [-0.2, 0) is 30.7 Å². The number of sulfone groups is 1. The molecule has 13 heteroatoms. The third kappa shape index (κ3) is 5.31. The number of carbonyl (C=O) groups is 2. The second-order valence-corrected chi connectivity index (χ2v) is 10.3. The number of aromatic nitrogens is 1. The number of thiazole rings is 1. The summed E-state index contributed by atoms with van der Waals surface area (Å²) < 4.78 is 30.3. The van der Waals surface area contributed by atoms with Crippen LogP contribution in [0.4, 0.5) is 5.00 Å². The van der Waals surface area contributed by atoms with E-state index in [1.165, 1.54) is 48.1 Å². The predicted molar refractivity (Wildman–Crippen MR) is 116 cm³/mol. The van der Waals surface area contributed by atoms with Gasteiger partial charge in [0.05, 0.1) is 27.1 Å². The van der Waals surface area contributed by atoms with Crippen molar-refractivity contribution in [1.29, 1.82) is 0 Å². The quantitative estimate of drug-likeness (QED) is 0.228. The molecule has 31 heavy (non-hydrogen) atoms. The van der Waals surface area contributed by atoms with Crippen molar-refractivity contribution >= 4 is 65.7 Å². The molecule has 0 aliphatic carbocycles. The molecule has 1 aromatic carbocycles. The fourth-order valence-electron chi connectivity index (χ4n) is 2.53. The Kier molecular flexibility index (Phi) is 6.48. The molecule has 0 unspecified atom stereocenters. The highest BCUT2D eigenvalue weighted by molar-refractivity contribution is 7.90. The average molecular weight is 482 g/mol. The molecule has 0 aliphatic rings. The molecule has 0 bridgehead atoms. The summed E-state index contributed by atoms with van der Waals surface area (Å²) in [5.74, 6) is -1.22. The van der Waals surface area contributed by atoms with E-state index in [1.807, 2.05) is 0 Å². The van der Waals surface area contributed by atoms with E-state index in [2.05, 4.69) is 4.99 Å². The van der Waals surface area contributed by atoms with Gasteiger partial charge in [-0.3, -0.25) is 19.7 Å². The number of fused-ring (bicyclic) bond motifs is 1. The van der Waals surface area contributed by atoms with Crippen molar-refractivity contribution in [2.45, 2.75) is 11.4 Å². The molecule has 0 spiro atoms. The van der Waals surface area contributed by atoms with E-state index in [0.29, 0.717) is 15.1 Å².